The quantitative estimate of drug-likeness (QED) is 0.474. The number of Topliss-reactive ketones (excluding diaryl/α,β-unsaturated/α-hetero) is 1. The molecule has 0 radical (unpaired) electrons. The number of carbonyl (C=O) groups excluding carboxylic acids is 1. The van der Waals surface area contributed by atoms with Gasteiger partial charge in [-0.2, -0.15) is 4.58 Å². The minimum atomic E-state index is -0.0725. The SMILES string of the molecule is CCn1c(C)c(C2=C(O)C(=C3C(C)=[N+](CC)c4ccccc43)C2=O)c2ccccc21. The Labute approximate surface area is 176 Å². The molecule has 1 N–H and O–H groups in total. The summed E-state index contributed by atoms with van der Waals surface area (Å²) < 4.78 is 4.40. The van der Waals surface area contributed by atoms with Crippen molar-refractivity contribution < 1.29 is 14.5 Å². The molecule has 3 aromatic rings. The van der Waals surface area contributed by atoms with Crippen LogP contribution in [0.5, 0.6) is 0 Å². The fourth-order valence-electron chi connectivity index (χ4n) is 5.17. The number of nitrogens with zero attached hydrogens (tertiary/aromatic N) is 2. The molecule has 2 aromatic carbocycles. The molecule has 0 atom stereocenters. The van der Waals surface area contributed by atoms with E-state index in [4.69, 9.17) is 0 Å². The maximum Gasteiger partial charge on any atom is 0.213 e. The van der Waals surface area contributed by atoms with E-state index in [1.807, 2.05) is 50.2 Å². The number of para-hydroxylation sites is 2. The lowest BCUT2D eigenvalue weighted by Crippen LogP contribution is -2.24. The van der Waals surface area contributed by atoms with Gasteiger partial charge >= 0.3 is 0 Å². The summed E-state index contributed by atoms with van der Waals surface area (Å²) in [6.07, 6.45) is 0. The van der Waals surface area contributed by atoms with Crippen molar-refractivity contribution in [2.45, 2.75) is 34.2 Å². The number of benzene rings is 2. The van der Waals surface area contributed by atoms with Gasteiger partial charge in [-0.1, -0.05) is 30.3 Å². The zero-order valence-corrected chi connectivity index (χ0v) is 17.8. The van der Waals surface area contributed by atoms with E-state index < -0.39 is 0 Å². The second-order valence-corrected chi connectivity index (χ2v) is 7.87. The number of carbonyl (C=O) groups is 1. The highest BCUT2D eigenvalue weighted by Gasteiger charge is 2.44. The van der Waals surface area contributed by atoms with Crippen LogP contribution in [0, 0.1) is 6.92 Å². The molecule has 150 valence electrons. The van der Waals surface area contributed by atoms with E-state index in [0.717, 1.165) is 57.8 Å². The molecule has 1 aliphatic carbocycles. The number of aryl methyl sites for hydroxylation is 1. The molecule has 5 rings (SSSR count). The molecule has 0 bridgehead atoms. The first-order valence-electron chi connectivity index (χ1n) is 10.5. The topological polar surface area (TPSA) is 45.2 Å². The molecule has 0 fully saturated rings. The Hall–Kier alpha value is -3.40. The van der Waals surface area contributed by atoms with Gasteiger partial charge in [0.05, 0.1) is 22.3 Å². The molecule has 0 saturated heterocycles. The maximum absolute atomic E-state index is 13.5. The van der Waals surface area contributed by atoms with Crippen LogP contribution in [0.4, 0.5) is 5.69 Å². The lowest BCUT2D eigenvalue weighted by Gasteiger charge is -2.23. The molecule has 1 aliphatic heterocycles. The van der Waals surface area contributed by atoms with Crippen LogP contribution in [0.3, 0.4) is 0 Å². The van der Waals surface area contributed by atoms with Crippen molar-refractivity contribution in [2.24, 2.45) is 0 Å². The zero-order chi connectivity index (χ0) is 21.2. The molecule has 1 aromatic heterocycles. The molecular weight excluding hydrogens is 372 g/mol. The monoisotopic (exact) mass is 397 g/mol. The Bertz CT molecular complexity index is 1350. The van der Waals surface area contributed by atoms with Gasteiger partial charge in [-0.05, 0) is 32.9 Å². The zero-order valence-electron chi connectivity index (χ0n) is 17.8. The van der Waals surface area contributed by atoms with E-state index in [1.165, 1.54) is 0 Å². The molecule has 2 heterocycles. The van der Waals surface area contributed by atoms with Crippen LogP contribution < -0.4 is 0 Å². The molecule has 0 saturated carbocycles. The second kappa shape index (κ2) is 6.56. The van der Waals surface area contributed by atoms with E-state index in [-0.39, 0.29) is 11.5 Å². The van der Waals surface area contributed by atoms with Crippen LogP contribution in [-0.4, -0.2) is 32.3 Å². The number of rotatable bonds is 3. The molecule has 0 spiro atoms. The van der Waals surface area contributed by atoms with Gasteiger partial charge in [0.15, 0.2) is 5.71 Å². The first-order chi connectivity index (χ1) is 14.5. The Morgan fingerprint density at radius 1 is 0.933 bits per heavy atom. The van der Waals surface area contributed by atoms with Gasteiger partial charge in [-0.25, -0.2) is 0 Å². The summed E-state index contributed by atoms with van der Waals surface area (Å²) in [5.41, 5.74) is 7.82. The number of allylic oxidation sites excluding steroid dienone is 3. The average molecular weight is 397 g/mol. The summed E-state index contributed by atoms with van der Waals surface area (Å²) in [5.74, 6) is 0.0425. The van der Waals surface area contributed by atoms with Gasteiger partial charge in [0.2, 0.25) is 11.5 Å². The predicted molar refractivity (Wildman–Crippen MR) is 121 cm³/mol. The van der Waals surface area contributed by atoms with Gasteiger partial charge in [0.25, 0.3) is 0 Å². The van der Waals surface area contributed by atoms with Crippen molar-refractivity contribution in [1.82, 2.24) is 4.57 Å². The number of ketones is 1. The summed E-state index contributed by atoms with van der Waals surface area (Å²) >= 11 is 0. The second-order valence-electron chi connectivity index (χ2n) is 7.87. The Morgan fingerprint density at radius 3 is 2.33 bits per heavy atom. The fraction of sp³-hybridized carbons (Fsp3) is 0.231. The van der Waals surface area contributed by atoms with Crippen molar-refractivity contribution in [3.63, 3.8) is 0 Å². The molecule has 4 heteroatoms. The summed E-state index contributed by atoms with van der Waals surface area (Å²) in [5, 5.41) is 12.2. The molecule has 0 unspecified atom stereocenters. The van der Waals surface area contributed by atoms with Crippen molar-refractivity contribution in [1.29, 1.82) is 0 Å². The summed E-state index contributed by atoms with van der Waals surface area (Å²) in [6, 6.07) is 16.2. The summed E-state index contributed by atoms with van der Waals surface area (Å²) in [7, 11) is 0. The van der Waals surface area contributed by atoms with Crippen LogP contribution >= 0.6 is 0 Å². The third kappa shape index (κ3) is 2.22. The lowest BCUT2D eigenvalue weighted by molar-refractivity contribution is -0.432. The van der Waals surface area contributed by atoms with Crippen LogP contribution in [0.25, 0.3) is 22.0 Å². The number of fused-ring (bicyclic) bond motifs is 2. The van der Waals surface area contributed by atoms with Gasteiger partial charge in [-0.3, -0.25) is 4.79 Å². The van der Waals surface area contributed by atoms with E-state index in [2.05, 4.69) is 35.1 Å². The van der Waals surface area contributed by atoms with Crippen LogP contribution in [0.1, 0.15) is 37.6 Å². The minimum absolute atomic E-state index is 0.0725. The summed E-state index contributed by atoms with van der Waals surface area (Å²) in [4.78, 5) is 13.5. The fourth-order valence-corrected chi connectivity index (χ4v) is 5.17. The number of aliphatic hydroxyl groups excluding tert-OH is 1. The Kier molecular flexibility index (Phi) is 4.07. The Morgan fingerprint density at radius 2 is 1.63 bits per heavy atom. The third-order valence-corrected chi connectivity index (χ3v) is 6.52. The van der Waals surface area contributed by atoms with Gasteiger partial charge in [0, 0.05) is 41.7 Å². The smallest absolute Gasteiger partial charge is 0.213 e. The van der Waals surface area contributed by atoms with Crippen molar-refractivity contribution in [2.75, 3.05) is 6.54 Å². The normalized spacial score (nSPS) is 18.5. The standard InChI is InChI=1S/C26H24N2O2/c1-5-27-15(3)21(17-11-7-9-13-19(17)27)23-25(29)24(26(23)30)22-16(4)28(6-2)20-14-10-8-12-18(20)22/h7-14H,5-6H2,1-4H3/p+1. The number of aliphatic hydroxyl groups is 1. The van der Waals surface area contributed by atoms with Crippen molar-refractivity contribution >= 4 is 39.2 Å². The largest absolute Gasteiger partial charge is 0.506 e. The lowest BCUT2D eigenvalue weighted by atomic mass is 9.78. The van der Waals surface area contributed by atoms with E-state index in [0.29, 0.717) is 11.1 Å². The van der Waals surface area contributed by atoms with Crippen LogP contribution in [-0.2, 0) is 11.3 Å². The van der Waals surface area contributed by atoms with Gasteiger partial charge < -0.3 is 9.67 Å². The average Bonchev–Trinajstić information content (AvgIpc) is 3.19. The highest BCUT2D eigenvalue weighted by Crippen LogP contribution is 2.47. The first kappa shape index (κ1) is 18.6. The Balaban J connectivity index is 1.78. The van der Waals surface area contributed by atoms with E-state index >= 15 is 0 Å². The first-order valence-corrected chi connectivity index (χ1v) is 10.5. The van der Waals surface area contributed by atoms with Crippen LogP contribution in [0.15, 0.2) is 59.9 Å². The highest BCUT2D eigenvalue weighted by atomic mass is 16.3. The van der Waals surface area contributed by atoms with Gasteiger partial charge in [-0.15, -0.1) is 0 Å². The molecule has 0 amide bonds. The minimum Gasteiger partial charge on any atom is -0.506 e. The molecule has 4 nitrogen and oxygen atoms in total. The highest BCUT2D eigenvalue weighted by molar-refractivity contribution is 6.47. The number of aromatic nitrogens is 1. The van der Waals surface area contributed by atoms with Gasteiger partial charge in [0.1, 0.15) is 12.3 Å². The van der Waals surface area contributed by atoms with Crippen LogP contribution in [0.2, 0.25) is 0 Å². The third-order valence-electron chi connectivity index (χ3n) is 6.52. The van der Waals surface area contributed by atoms with Crippen molar-refractivity contribution in [3.05, 3.63) is 76.7 Å². The summed E-state index contributed by atoms with van der Waals surface area (Å²) in [6.45, 7) is 9.88. The maximum atomic E-state index is 13.5. The van der Waals surface area contributed by atoms with E-state index in [9.17, 15) is 9.90 Å². The molecular formula is C26H25N2O2+. The molecule has 30 heavy (non-hydrogen) atoms. The number of hydrogen-bond acceptors (Lipinski definition) is 2. The van der Waals surface area contributed by atoms with E-state index in [1.54, 1.807) is 0 Å². The number of hydrogen-bond donors (Lipinski definition) is 1. The molecule has 2 aliphatic rings. The van der Waals surface area contributed by atoms with Crippen molar-refractivity contribution in [3.8, 4) is 0 Å². The predicted octanol–water partition coefficient (Wildman–Crippen LogP) is 5.41.